The summed E-state index contributed by atoms with van der Waals surface area (Å²) in [5.74, 6) is 0.210. The van der Waals surface area contributed by atoms with Crippen LogP contribution in [0.2, 0.25) is 0 Å². The highest BCUT2D eigenvalue weighted by molar-refractivity contribution is 5.70. The predicted molar refractivity (Wildman–Crippen MR) is 164 cm³/mol. The smallest absolute Gasteiger partial charge is 0.226 e. The number of methoxy groups -OCH3 is 1. The Balaban J connectivity index is 1.17. The first-order valence-electron chi connectivity index (χ1n) is 15.0. The Hall–Kier alpha value is -3.74. The van der Waals surface area contributed by atoms with Gasteiger partial charge in [0.2, 0.25) is 5.95 Å². The quantitative estimate of drug-likeness (QED) is 0.385. The van der Waals surface area contributed by atoms with E-state index in [0.717, 1.165) is 69.6 Å². The summed E-state index contributed by atoms with van der Waals surface area (Å²) in [4.78, 5) is 22.4. The van der Waals surface area contributed by atoms with Crippen LogP contribution in [0.4, 0.5) is 37.7 Å². The normalized spacial score (nSPS) is 20.4. The van der Waals surface area contributed by atoms with Crippen LogP contribution in [-0.2, 0) is 4.84 Å². The van der Waals surface area contributed by atoms with Crippen molar-refractivity contribution < 1.29 is 18.4 Å². The van der Waals surface area contributed by atoms with Gasteiger partial charge in [-0.15, -0.1) is 0 Å². The number of aromatic nitrogens is 2. The molecule has 1 atom stereocenters. The third kappa shape index (κ3) is 6.31. The van der Waals surface area contributed by atoms with E-state index in [1.807, 2.05) is 6.07 Å². The molecule has 3 aliphatic heterocycles. The van der Waals surface area contributed by atoms with Crippen molar-refractivity contribution in [3.8, 4) is 5.75 Å². The van der Waals surface area contributed by atoms with Gasteiger partial charge in [0.25, 0.3) is 0 Å². The number of piperazine rings is 1. The van der Waals surface area contributed by atoms with E-state index < -0.39 is 17.7 Å². The largest absolute Gasteiger partial charge is 0.494 e. The Bertz CT molecular complexity index is 1410. The standard InChI is InChI=1S/C31H40F2N8O2/c1-34-31-36-28(20-29(37-31)41-26(11-18-43-41)23-5-4-6-24(32)30(23)33)35-25-8-7-22(19-27(25)42-3)39-12-9-21(10-13-39)40-16-14-38(2)15-17-40/h4-8,19-21,26H,9-18H2,1-3H3,(H2,34,35,36,37)/t26-/m1/s1. The second kappa shape index (κ2) is 12.9. The number of rotatable bonds is 8. The van der Waals surface area contributed by atoms with E-state index in [1.165, 1.54) is 11.1 Å². The summed E-state index contributed by atoms with van der Waals surface area (Å²) >= 11 is 0. The number of nitrogens with one attached hydrogen (secondary N) is 2. The first-order chi connectivity index (χ1) is 20.9. The van der Waals surface area contributed by atoms with Crippen molar-refractivity contribution in [2.45, 2.75) is 31.3 Å². The molecule has 0 radical (unpaired) electrons. The molecule has 0 bridgehead atoms. The Morgan fingerprint density at radius 3 is 2.49 bits per heavy atom. The zero-order valence-corrected chi connectivity index (χ0v) is 25.0. The highest BCUT2D eigenvalue weighted by Crippen LogP contribution is 2.38. The van der Waals surface area contributed by atoms with Crippen molar-refractivity contribution in [1.82, 2.24) is 19.8 Å². The van der Waals surface area contributed by atoms with Gasteiger partial charge in [-0.1, -0.05) is 12.1 Å². The second-order valence-electron chi connectivity index (χ2n) is 11.4. The number of piperidine rings is 1. The molecule has 4 heterocycles. The lowest BCUT2D eigenvalue weighted by molar-refractivity contribution is 0.0982. The minimum absolute atomic E-state index is 0.224. The van der Waals surface area contributed by atoms with Crippen LogP contribution in [0.5, 0.6) is 5.75 Å². The van der Waals surface area contributed by atoms with E-state index >= 15 is 0 Å². The Morgan fingerprint density at radius 2 is 1.74 bits per heavy atom. The van der Waals surface area contributed by atoms with Crippen molar-refractivity contribution in [1.29, 1.82) is 0 Å². The third-order valence-electron chi connectivity index (χ3n) is 8.74. The van der Waals surface area contributed by atoms with Gasteiger partial charge in [-0.3, -0.25) is 9.74 Å². The molecule has 0 aliphatic carbocycles. The monoisotopic (exact) mass is 594 g/mol. The van der Waals surface area contributed by atoms with Gasteiger partial charge in [0.15, 0.2) is 17.5 Å². The maximum atomic E-state index is 14.7. The molecule has 10 nitrogen and oxygen atoms in total. The summed E-state index contributed by atoms with van der Waals surface area (Å²) in [7, 11) is 5.58. The molecule has 3 aromatic rings. The summed E-state index contributed by atoms with van der Waals surface area (Å²) in [5, 5.41) is 7.86. The van der Waals surface area contributed by atoms with E-state index in [-0.39, 0.29) is 5.56 Å². The van der Waals surface area contributed by atoms with Crippen molar-refractivity contribution in [2.24, 2.45) is 0 Å². The number of hydrogen-bond acceptors (Lipinski definition) is 10. The van der Waals surface area contributed by atoms with Gasteiger partial charge in [-0.2, -0.15) is 9.97 Å². The zero-order chi connectivity index (χ0) is 29.9. The Morgan fingerprint density at radius 1 is 0.953 bits per heavy atom. The molecular formula is C31H40F2N8O2. The van der Waals surface area contributed by atoms with Crippen LogP contribution in [0.15, 0.2) is 42.5 Å². The minimum Gasteiger partial charge on any atom is -0.494 e. The average molecular weight is 595 g/mol. The van der Waals surface area contributed by atoms with Crippen LogP contribution < -0.4 is 25.3 Å². The summed E-state index contributed by atoms with van der Waals surface area (Å²) < 4.78 is 34.5. The van der Waals surface area contributed by atoms with Crippen molar-refractivity contribution in [2.75, 3.05) is 87.7 Å². The third-order valence-corrected chi connectivity index (χ3v) is 8.74. The fraction of sp³-hybridized carbons (Fsp3) is 0.484. The minimum atomic E-state index is -0.889. The molecule has 3 fully saturated rings. The summed E-state index contributed by atoms with van der Waals surface area (Å²) in [5.41, 5.74) is 2.10. The number of nitrogens with zero attached hydrogens (tertiary/aromatic N) is 6. The fourth-order valence-electron chi connectivity index (χ4n) is 6.27. The fourth-order valence-corrected chi connectivity index (χ4v) is 6.27. The number of ether oxygens (including phenoxy) is 1. The number of halogens is 2. The summed E-state index contributed by atoms with van der Waals surface area (Å²) in [6.07, 6.45) is 2.80. The molecule has 3 saturated heterocycles. The molecule has 43 heavy (non-hydrogen) atoms. The van der Waals surface area contributed by atoms with E-state index in [4.69, 9.17) is 9.57 Å². The molecule has 0 unspecified atom stereocenters. The van der Waals surface area contributed by atoms with Crippen molar-refractivity contribution in [3.05, 3.63) is 59.7 Å². The molecule has 6 rings (SSSR count). The lowest BCUT2D eigenvalue weighted by atomic mass is 10.0. The second-order valence-corrected chi connectivity index (χ2v) is 11.4. The van der Waals surface area contributed by atoms with Gasteiger partial charge in [-0.05, 0) is 38.1 Å². The topological polar surface area (TPSA) is 81.3 Å². The first-order valence-corrected chi connectivity index (χ1v) is 15.0. The van der Waals surface area contributed by atoms with Crippen LogP contribution in [0.3, 0.4) is 0 Å². The van der Waals surface area contributed by atoms with Gasteiger partial charge in [0, 0.05) is 82.2 Å². The molecule has 2 N–H and O–H groups in total. The van der Waals surface area contributed by atoms with E-state index in [1.54, 1.807) is 26.3 Å². The van der Waals surface area contributed by atoms with E-state index in [0.29, 0.717) is 42.4 Å². The maximum Gasteiger partial charge on any atom is 0.226 e. The molecule has 1 aromatic heterocycles. The molecule has 230 valence electrons. The number of likely N-dealkylation sites (N-methyl/N-ethyl adjacent to an activating group) is 1. The van der Waals surface area contributed by atoms with Crippen molar-refractivity contribution >= 4 is 29.0 Å². The van der Waals surface area contributed by atoms with Crippen LogP contribution >= 0.6 is 0 Å². The number of hydrogen-bond donors (Lipinski definition) is 2. The molecule has 0 spiro atoms. The highest BCUT2D eigenvalue weighted by Gasteiger charge is 2.33. The number of benzene rings is 2. The van der Waals surface area contributed by atoms with Gasteiger partial charge < -0.3 is 25.2 Å². The lowest BCUT2D eigenvalue weighted by Crippen LogP contribution is -2.52. The number of anilines is 5. The molecule has 3 aliphatic rings. The van der Waals surface area contributed by atoms with Crippen LogP contribution in [0, 0.1) is 11.6 Å². The van der Waals surface area contributed by atoms with Crippen LogP contribution in [0.25, 0.3) is 0 Å². The van der Waals surface area contributed by atoms with Gasteiger partial charge in [0.1, 0.15) is 11.6 Å². The van der Waals surface area contributed by atoms with Gasteiger partial charge in [-0.25, -0.2) is 13.8 Å². The molecule has 0 amide bonds. The molecular weight excluding hydrogens is 554 g/mol. The van der Waals surface area contributed by atoms with Gasteiger partial charge in [0.05, 0.1) is 25.4 Å². The Kier molecular flexibility index (Phi) is 8.78. The van der Waals surface area contributed by atoms with Crippen molar-refractivity contribution in [3.63, 3.8) is 0 Å². The summed E-state index contributed by atoms with van der Waals surface area (Å²) in [6, 6.07) is 12.2. The van der Waals surface area contributed by atoms with E-state index in [2.05, 4.69) is 54.5 Å². The maximum absolute atomic E-state index is 14.7. The van der Waals surface area contributed by atoms with Crippen LogP contribution in [-0.4, -0.2) is 92.9 Å². The summed E-state index contributed by atoms with van der Waals surface area (Å²) in [6.45, 7) is 6.97. The van der Waals surface area contributed by atoms with Gasteiger partial charge >= 0.3 is 0 Å². The lowest BCUT2D eigenvalue weighted by Gasteiger charge is -2.42. The molecule has 2 aromatic carbocycles. The Labute approximate surface area is 251 Å². The molecule has 12 heteroatoms. The van der Waals surface area contributed by atoms with E-state index in [9.17, 15) is 8.78 Å². The van der Waals surface area contributed by atoms with Crippen LogP contribution in [0.1, 0.15) is 30.9 Å². The average Bonchev–Trinajstić information content (AvgIpc) is 3.53. The SMILES string of the molecule is CNc1nc(Nc2ccc(N3CCC(N4CCN(C)CC4)CC3)cc2OC)cc(N2OCC[C@@H]2c2cccc(F)c2F)n1. The predicted octanol–water partition coefficient (Wildman–Crippen LogP) is 4.65. The zero-order valence-electron chi connectivity index (χ0n) is 25.0. The molecule has 0 saturated carbocycles. The highest BCUT2D eigenvalue weighted by atomic mass is 19.2. The first kappa shape index (κ1) is 29.3. The number of hydroxylamine groups is 1.